The van der Waals surface area contributed by atoms with Gasteiger partial charge in [0, 0.05) is 28.8 Å². The van der Waals surface area contributed by atoms with Crippen LogP contribution in [0.4, 0.5) is 5.69 Å². The van der Waals surface area contributed by atoms with Crippen molar-refractivity contribution in [1.29, 1.82) is 0 Å². The van der Waals surface area contributed by atoms with Gasteiger partial charge in [-0.3, -0.25) is 14.4 Å². The highest BCUT2D eigenvalue weighted by atomic mass is 35.5. The quantitative estimate of drug-likeness (QED) is 0.149. The van der Waals surface area contributed by atoms with Crippen molar-refractivity contribution < 1.29 is 23.9 Å². The second kappa shape index (κ2) is 13.9. The zero-order valence-electron chi connectivity index (χ0n) is 26.1. The maximum atomic E-state index is 13.8. The summed E-state index contributed by atoms with van der Waals surface area (Å²) < 4.78 is 12.5. The Morgan fingerprint density at radius 3 is 2.20 bits per heavy atom. The molecule has 1 heterocycles. The molecule has 0 bridgehead atoms. The van der Waals surface area contributed by atoms with Crippen molar-refractivity contribution in [3.8, 4) is 17.0 Å². The van der Waals surface area contributed by atoms with Gasteiger partial charge in [0.05, 0.1) is 17.2 Å². The first-order valence-corrected chi connectivity index (χ1v) is 14.9. The molecule has 45 heavy (non-hydrogen) atoms. The van der Waals surface area contributed by atoms with E-state index in [0.717, 1.165) is 10.2 Å². The third-order valence-electron chi connectivity index (χ3n) is 6.58. The second-order valence-electron chi connectivity index (χ2n) is 11.8. The largest absolute Gasteiger partial charge is 0.473 e. The summed E-state index contributed by atoms with van der Waals surface area (Å²) in [4.78, 5) is 52.5. The van der Waals surface area contributed by atoms with Gasteiger partial charge in [-0.2, -0.15) is 0 Å². The normalized spacial score (nSPS) is 12.0. The zero-order chi connectivity index (χ0) is 32.9. The average Bonchev–Trinajstić information content (AvgIpc) is 2.96. The van der Waals surface area contributed by atoms with Crippen molar-refractivity contribution in [3.63, 3.8) is 0 Å². The first-order chi connectivity index (χ1) is 21.2. The molecule has 0 radical (unpaired) electrons. The molecule has 0 fully saturated rings. The van der Waals surface area contributed by atoms with Gasteiger partial charge in [0.15, 0.2) is 5.78 Å². The summed E-state index contributed by atoms with van der Waals surface area (Å²) in [6, 6.07) is 20.5. The summed E-state index contributed by atoms with van der Waals surface area (Å²) in [7, 11) is 0. The van der Waals surface area contributed by atoms with Crippen molar-refractivity contribution in [2.24, 2.45) is 0 Å². The Bertz CT molecular complexity index is 1760. The first-order valence-electron chi connectivity index (χ1n) is 14.5. The van der Waals surface area contributed by atoms with E-state index in [0.29, 0.717) is 27.4 Å². The fraction of sp³-hybridized carbons (Fsp3) is 0.286. The Hall–Kier alpha value is -4.76. The van der Waals surface area contributed by atoms with Crippen LogP contribution in [0, 0.1) is 0 Å². The number of benzene rings is 3. The van der Waals surface area contributed by atoms with Crippen molar-refractivity contribution in [1.82, 2.24) is 9.78 Å². The molecule has 9 nitrogen and oxygen atoms in total. The molecule has 0 aliphatic carbocycles. The molecule has 1 N–H and O–H groups in total. The molecule has 1 amide bonds. The lowest BCUT2D eigenvalue weighted by Gasteiger charge is -2.22. The lowest BCUT2D eigenvalue weighted by Crippen LogP contribution is -2.36. The van der Waals surface area contributed by atoms with Crippen molar-refractivity contribution >= 4 is 34.9 Å². The van der Waals surface area contributed by atoms with E-state index in [4.69, 9.17) is 21.1 Å². The van der Waals surface area contributed by atoms with Gasteiger partial charge in [-0.1, -0.05) is 41.9 Å². The number of amides is 1. The highest BCUT2D eigenvalue weighted by Crippen LogP contribution is 2.33. The van der Waals surface area contributed by atoms with Gasteiger partial charge in [-0.15, -0.1) is 5.10 Å². The number of Topliss-reactive ketones (excluding diaryl/α,β-unsaturated/α-hetero) is 1. The fourth-order valence-electron chi connectivity index (χ4n) is 4.61. The predicted octanol–water partition coefficient (Wildman–Crippen LogP) is 6.93. The topological polar surface area (TPSA) is 117 Å². The molecule has 234 valence electrons. The minimum absolute atomic E-state index is 0.0712. The SMILES string of the molecule is CC(=O)c1ccc(Cl)cc1-c1cc(=O)n([C@@H](Cc2ccccc2)C(=O)Nc2ccc(C(=O)OC(C)(C)C)cc2)nc1OC(C)C. The van der Waals surface area contributed by atoms with Crippen LogP contribution in [0.2, 0.25) is 5.02 Å². The van der Waals surface area contributed by atoms with Crippen LogP contribution in [-0.2, 0) is 16.0 Å². The van der Waals surface area contributed by atoms with Gasteiger partial charge in [0.2, 0.25) is 11.8 Å². The highest BCUT2D eigenvalue weighted by molar-refractivity contribution is 6.31. The van der Waals surface area contributed by atoms with Crippen LogP contribution >= 0.6 is 11.6 Å². The maximum absolute atomic E-state index is 13.8. The molecular weight excluding hydrogens is 594 g/mol. The predicted molar refractivity (Wildman–Crippen MR) is 174 cm³/mol. The van der Waals surface area contributed by atoms with E-state index in [9.17, 15) is 19.2 Å². The monoisotopic (exact) mass is 629 g/mol. The summed E-state index contributed by atoms with van der Waals surface area (Å²) in [5, 5.41) is 7.77. The highest BCUT2D eigenvalue weighted by Gasteiger charge is 2.27. The molecule has 0 aliphatic rings. The Morgan fingerprint density at radius 1 is 0.933 bits per heavy atom. The molecule has 0 spiro atoms. The molecule has 4 rings (SSSR count). The van der Waals surface area contributed by atoms with E-state index < -0.39 is 29.1 Å². The van der Waals surface area contributed by atoms with Crippen LogP contribution in [0.25, 0.3) is 11.1 Å². The molecule has 3 aromatic carbocycles. The zero-order valence-corrected chi connectivity index (χ0v) is 26.8. The van der Waals surface area contributed by atoms with Crippen molar-refractivity contribution in [2.75, 3.05) is 5.32 Å². The van der Waals surface area contributed by atoms with Crippen LogP contribution in [0.5, 0.6) is 5.88 Å². The molecule has 1 atom stereocenters. The number of aromatic nitrogens is 2. The van der Waals surface area contributed by atoms with E-state index >= 15 is 0 Å². The third-order valence-corrected chi connectivity index (χ3v) is 6.81. The summed E-state index contributed by atoms with van der Waals surface area (Å²) in [5.74, 6) is -1.14. The van der Waals surface area contributed by atoms with Crippen molar-refractivity contribution in [3.05, 3.63) is 111 Å². The van der Waals surface area contributed by atoms with Crippen LogP contribution < -0.4 is 15.6 Å². The van der Waals surface area contributed by atoms with E-state index in [1.807, 2.05) is 30.3 Å². The average molecular weight is 630 g/mol. The number of nitrogens with one attached hydrogen (secondary N) is 1. The number of nitrogens with zero attached hydrogens (tertiary/aromatic N) is 2. The Balaban J connectivity index is 1.76. The van der Waals surface area contributed by atoms with Crippen LogP contribution in [0.3, 0.4) is 0 Å². The Morgan fingerprint density at radius 2 is 1.60 bits per heavy atom. The molecule has 0 saturated carbocycles. The van der Waals surface area contributed by atoms with Gasteiger partial charge in [0.1, 0.15) is 11.6 Å². The second-order valence-corrected chi connectivity index (χ2v) is 12.3. The number of ketones is 1. The van der Waals surface area contributed by atoms with Gasteiger partial charge in [0.25, 0.3) is 5.56 Å². The van der Waals surface area contributed by atoms with E-state index in [1.54, 1.807) is 77.1 Å². The summed E-state index contributed by atoms with van der Waals surface area (Å²) in [6.07, 6.45) is -0.196. The number of carbonyl (C=O) groups is 3. The standard InChI is InChI=1S/C35H36ClN3O6/c1-21(2)44-33-29(28-19-25(36)14-17-27(28)22(3)40)20-31(41)39(38-33)30(18-23-10-8-7-9-11-23)32(42)37-26-15-12-24(13-16-26)34(43)45-35(4,5)6/h7-17,19-21,30H,18H2,1-6H3,(H,37,42)/t30-/m0/s1. The molecular formula is C35H36ClN3O6. The lowest BCUT2D eigenvalue weighted by atomic mass is 9.98. The number of hydrogen-bond donors (Lipinski definition) is 1. The number of halogens is 1. The minimum atomic E-state index is -1.08. The molecule has 10 heteroatoms. The number of rotatable bonds is 10. The molecule has 0 saturated heterocycles. The fourth-order valence-corrected chi connectivity index (χ4v) is 4.78. The van der Waals surface area contributed by atoms with Gasteiger partial charge in [-0.25, -0.2) is 9.48 Å². The maximum Gasteiger partial charge on any atom is 0.338 e. The van der Waals surface area contributed by atoms with E-state index in [-0.39, 0.29) is 29.8 Å². The number of hydrogen-bond acceptors (Lipinski definition) is 7. The summed E-state index contributed by atoms with van der Waals surface area (Å²) in [6.45, 7) is 10.4. The summed E-state index contributed by atoms with van der Waals surface area (Å²) in [5.41, 5.74) is 1.36. The lowest BCUT2D eigenvalue weighted by molar-refractivity contribution is -0.119. The van der Waals surface area contributed by atoms with Gasteiger partial charge < -0.3 is 14.8 Å². The Labute approximate surface area is 267 Å². The number of esters is 1. The molecule has 4 aromatic rings. The molecule has 0 aliphatic heterocycles. The number of carbonyl (C=O) groups excluding carboxylic acids is 3. The first kappa shape index (κ1) is 33.1. The molecule has 1 aromatic heterocycles. The van der Waals surface area contributed by atoms with E-state index in [2.05, 4.69) is 10.4 Å². The minimum Gasteiger partial charge on any atom is -0.473 e. The van der Waals surface area contributed by atoms with E-state index in [1.165, 1.54) is 13.0 Å². The van der Waals surface area contributed by atoms with Gasteiger partial charge >= 0.3 is 5.97 Å². The van der Waals surface area contributed by atoms with Crippen molar-refractivity contribution in [2.45, 2.75) is 65.7 Å². The van der Waals surface area contributed by atoms with Gasteiger partial charge in [-0.05, 0) is 95.1 Å². The Kier molecular flexibility index (Phi) is 10.2. The number of ether oxygens (including phenoxy) is 2. The van der Waals surface area contributed by atoms with Crippen LogP contribution in [0.1, 0.15) is 73.9 Å². The van der Waals surface area contributed by atoms with Crippen LogP contribution in [0.15, 0.2) is 83.7 Å². The smallest absolute Gasteiger partial charge is 0.338 e. The molecule has 0 unspecified atom stereocenters. The third kappa shape index (κ3) is 8.67. The van der Waals surface area contributed by atoms with Crippen LogP contribution in [-0.4, -0.2) is 39.1 Å². The number of anilines is 1. The summed E-state index contributed by atoms with van der Waals surface area (Å²) >= 11 is 6.28.